The number of hydrogen-bond acceptors (Lipinski definition) is 6. The third kappa shape index (κ3) is 4.12. The molecule has 0 fully saturated rings. The van der Waals surface area contributed by atoms with Gasteiger partial charge in [0.1, 0.15) is 5.82 Å². The van der Waals surface area contributed by atoms with E-state index in [2.05, 4.69) is 25.6 Å². The molecule has 0 spiro atoms. The van der Waals surface area contributed by atoms with Crippen molar-refractivity contribution in [2.45, 2.75) is 0 Å². The van der Waals surface area contributed by atoms with Crippen LogP contribution in [0.2, 0.25) is 0 Å². The second kappa shape index (κ2) is 7.99. The maximum atomic E-state index is 14.1. The Hall–Kier alpha value is -4.21. The molecule has 10 heteroatoms. The van der Waals surface area contributed by atoms with Crippen molar-refractivity contribution >= 4 is 29.2 Å². The molecular formula is C18H12FN5O4. The van der Waals surface area contributed by atoms with Crippen molar-refractivity contribution in [3.8, 4) is 0 Å². The van der Waals surface area contributed by atoms with Gasteiger partial charge in [-0.15, -0.1) is 0 Å². The molecule has 9 nitrogen and oxygen atoms in total. The zero-order chi connectivity index (χ0) is 20.1. The minimum absolute atomic E-state index is 0.0677. The maximum absolute atomic E-state index is 14.1. The van der Waals surface area contributed by atoms with Crippen LogP contribution >= 0.6 is 0 Å². The Labute approximate surface area is 157 Å². The molecular weight excluding hydrogens is 369 g/mol. The quantitative estimate of drug-likeness (QED) is 0.617. The average molecular weight is 381 g/mol. The Bertz CT molecular complexity index is 1060. The van der Waals surface area contributed by atoms with E-state index in [1.807, 2.05) is 0 Å². The first kappa shape index (κ1) is 18.6. The molecule has 28 heavy (non-hydrogen) atoms. The van der Waals surface area contributed by atoms with Gasteiger partial charge in [-0.3, -0.25) is 14.6 Å². The zero-order valence-corrected chi connectivity index (χ0v) is 14.1. The molecule has 3 aromatic rings. The van der Waals surface area contributed by atoms with E-state index in [1.54, 1.807) is 18.3 Å². The van der Waals surface area contributed by atoms with E-state index in [0.717, 1.165) is 24.5 Å². The monoisotopic (exact) mass is 381 g/mol. The van der Waals surface area contributed by atoms with E-state index in [-0.39, 0.29) is 11.3 Å². The SMILES string of the molecule is O=C(Nc1cccnc1)c1ccc(F)c(NC(=O)c2nccnc2C(=O)O)c1. The normalized spacial score (nSPS) is 10.2. The summed E-state index contributed by atoms with van der Waals surface area (Å²) in [4.78, 5) is 46.9. The summed E-state index contributed by atoms with van der Waals surface area (Å²) in [6.07, 6.45) is 5.23. The van der Waals surface area contributed by atoms with E-state index in [4.69, 9.17) is 5.11 Å². The summed E-state index contributed by atoms with van der Waals surface area (Å²) >= 11 is 0. The predicted octanol–water partition coefficient (Wildman–Crippen LogP) is 2.21. The van der Waals surface area contributed by atoms with E-state index in [9.17, 15) is 18.8 Å². The van der Waals surface area contributed by atoms with Crippen molar-refractivity contribution in [2.75, 3.05) is 10.6 Å². The fraction of sp³-hybridized carbons (Fsp3) is 0. The topological polar surface area (TPSA) is 134 Å². The van der Waals surface area contributed by atoms with Crippen LogP contribution in [0.15, 0.2) is 55.1 Å². The summed E-state index contributed by atoms with van der Waals surface area (Å²) in [7, 11) is 0. The number of amides is 2. The van der Waals surface area contributed by atoms with E-state index in [1.165, 1.54) is 12.3 Å². The van der Waals surface area contributed by atoms with Crippen LogP contribution in [0.3, 0.4) is 0 Å². The Kier molecular flexibility index (Phi) is 5.30. The number of rotatable bonds is 5. The molecule has 140 valence electrons. The molecule has 0 bridgehead atoms. The molecule has 3 rings (SSSR count). The smallest absolute Gasteiger partial charge is 0.356 e. The maximum Gasteiger partial charge on any atom is 0.356 e. The zero-order valence-electron chi connectivity index (χ0n) is 14.1. The van der Waals surface area contributed by atoms with Crippen molar-refractivity contribution in [3.05, 3.63) is 77.9 Å². The minimum Gasteiger partial charge on any atom is -0.476 e. The number of aromatic carboxylic acids is 1. The van der Waals surface area contributed by atoms with Crippen molar-refractivity contribution in [2.24, 2.45) is 0 Å². The van der Waals surface area contributed by atoms with E-state index < -0.39 is 35.0 Å². The van der Waals surface area contributed by atoms with Gasteiger partial charge in [0, 0.05) is 24.2 Å². The van der Waals surface area contributed by atoms with Crippen LogP contribution in [0, 0.1) is 5.82 Å². The first-order valence-electron chi connectivity index (χ1n) is 7.82. The number of carbonyl (C=O) groups is 3. The summed E-state index contributed by atoms with van der Waals surface area (Å²) in [5, 5.41) is 13.9. The highest BCUT2D eigenvalue weighted by Gasteiger charge is 2.21. The molecule has 0 aliphatic rings. The van der Waals surface area contributed by atoms with Crippen LogP contribution in [0.4, 0.5) is 15.8 Å². The number of aromatic nitrogens is 3. The highest BCUT2D eigenvalue weighted by Crippen LogP contribution is 2.18. The number of nitrogens with zero attached hydrogens (tertiary/aromatic N) is 3. The molecule has 1 aromatic carbocycles. The highest BCUT2D eigenvalue weighted by atomic mass is 19.1. The second-order valence-corrected chi connectivity index (χ2v) is 5.40. The summed E-state index contributed by atoms with van der Waals surface area (Å²) in [6, 6.07) is 6.62. The number of anilines is 2. The first-order chi connectivity index (χ1) is 13.5. The molecule has 0 saturated carbocycles. The number of nitrogens with one attached hydrogen (secondary N) is 2. The molecule has 3 N–H and O–H groups in total. The molecule has 0 saturated heterocycles. The Morgan fingerprint density at radius 1 is 0.929 bits per heavy atom. The van der Waals surface area contributed by atoms with Gasteiger partial charge >= 0.3 is 5.97 Å². The lowest BCUT2D eigenvalue weighted by molar-refractivity contribution is 0.0684. The fourth-order valence-corrected chi connectivity index (χ4v) is 2.24. The Morgan fingerprint density at radius 3 is 2.36 bits per heavy atom. The molecule has 2 aromatic heterocycles. The number of carboxylic acids is 1. The molecule has 0 aliphatic heterocycles. The van der Waals surface area contributed by atoms with Gasteiger partial charge < -0.3 is 15.7 Å². The summed E-state index contributed by atoms with van der Waals surface area (Å²) < 4.78 is 14.1. The number of carboxylic acid groups (broad SMARTS) is 1. The van der Waals surface area contributed by atoms with Crippen molar-refractivity contribution < 1.29 is 23.9 Å². The number of halogens is 1. The number of carbonyl (C=O) groups excluding carboxylic acids is 2. The van der Waals surface area contributed by atoms with Gasteiger partial charge in [-0.25, -0.2) is 19.2 Å². The fourth-order valence-electron chi connectivity index (χ4n) is 2.24. The predicted molar refractivity (Wildman–Crippen MR) is 95.5 cm³/mol. The van der Waals surface area contributed by atoms with Crippen molar-refractivity contribution in [3.63, 3.8) is 0 Å². The third-order valence-corrected chi connectivity index (χ3v) is 3.51. The largest absolute Gasteiger partial charge is 0.476 e. The lowest BCUT2D eigenvalue weighted by Crippen LogP contribution is -2.20. The summed E-state index contributed by atoms with van der Waals surface area (Å²) in [5.41, 5.74) is -0.873. The standard InChI is InChI=1S/C18H12FN5O4/c19-12-4-3-10(16(25)23-11-2-1-5-20-9-11)8-13(12)24-17(26)14-15(18(27)28)22-7-6-21-14/h1-9H,(H,23,25)(H,24,26)(H,27,28). The lowest BCUT2D eigenvalue weighted by atomic mass is 10.1. The Morgan fingerprint density at radius 2 is 1.68 bits per heavy atom. The number of hydrogen-bond donors (Lipinski definition) is 3. The van der Waals surface area contributed by atoms with Gasteiger partial charge in [0.25, 0.3) is 11.8 Å². The van der Waals surface area contributed by atoms with Gasteiger partial charge in [0.15, 0.2) is 11.4 Å². The van der Waals surface area contributed by atoms with Crippen LogP contribution < -0.4 is 10.6 Å². The molecule has 2 heterocycles. The summed E-state index contributed by atoms with van der Waals surface area (Å²) in [6.45, 7) is 0. The van der Waals surface area contributed by atoms with Gasteiger partial charge in [-0.1, -0.05) is 0 Å². The van der Waals surface area contributed by atoms with E-state index >= 15 is 0 Å². The molecule has 2 amide bonds. The van der Waals surface area contributed by atoms with Crippen LogP contribution in [-0.2, 0) is 0 Å². The van der Waals surface area contributed by atoms with Gasteiger partial charge in [-0.2, -0.15) is 0 Å². The minimum atomic E-state index is -1.46. The lowest BCUT2D eigenvalue weighted by Gasteiger charge is -2.10. The van der Waals surface area contributed by atoms with Crippen molar-refractivity contribution in [1.29, 1.82) is 0 Å². The summed E-state index contributed by atoms with van der Waals surface area (Å²) in [5.74, 6) is -3.79. The van der Waals surface area contributed by atoms with E-state index in [0.29, 0.717) is 5.69 Å². The average Bonchev–Trinajstić information content (AvgIpc) is 2.70. The molecule has 0 unspecified atom stereocenters. The van der Waals surface area contributed by atoms with Crippen LogP contribution in [0.5, 0.6) is 0 Å². The number of pyridine rings is 1. The van der Waals surface area contributed by atoms with Crippen molar-refractivity contribution in [1.82, 2.24) is 15.0 Å². The van der Waals surface area contributed by atoms with Crippen LogP contribution in [0.1, 0.15) is 31.3 Å². The van der Waals surface area contributed by atoms with Gasteiger partial charge in [0.2, 0.25) is 0 Å². The van der Waals surface area contributed by atoms with Crippen LogP contribution in [-0.4, -0.2) is 37.8 Å². The Balaban J connectivity index is 1.83. The highest BCUT2D eigenvalue weighted by molar-refractivity contribution is 6.09. The third-order valence-electron chi connectivity index (χ3n) is 3.51. The van der Waals surface area contributed by atoms with Gasteiger partial charge in [0.05, 0.1) is 17.6 Å². The van der Waals surface area contributed by atoms with Gasteiger partial charge in [-0.05, 0) is 30.3 Å². The molecule has 0 aliphatic carbocycles. The molecule has 0 radical (unpaired) electrons. The second-order valence-electron chi connectivity index (χ2n) is 5.40. The molecule has 0 atom stereocenters. The number of benzene rings is 1. The first-order valence-corrected chi connectivity index (χ1v) is 7.82. The van der Waals surface area contributed by atoms with Crippen LogP contribution in [0.25, 0.3) is 0 Å².